The maximum Gasteiger partial charge on any atom is 0.348 e. The van der Waals surface area contributed by atoms with Crippen molar-refractivity contribution in [3.8, 4) is 5.00 Å². The quantitative estimate of drug-likeness (QED) is 0.716. The van der Waals surface area contributed by atoms with Gasteiger partial charge in [0.25, 0.3) is 0 Å². The Hall–Kier alpha value is -2.74. The van der Waals surface area contributed by atoms with E-state index in [2.05, 4.69) is 10.2 Å². The molecule has 1 fully saturated rings. The number of nitrogens with zero attached hydrogens (tertiary/aromatic N) is 3. The van der Waals surface area contributed by atoms with E-state index < -0.39 is 0 Å². The number of benzene rings is 1. The van der Waals surface area contributed by atoms with Crippen LogP contribution in [0.15, 0.2) is 46.6 Å². The molecule has 146 valence electrons. The highest BCUT2D eigenvalue weighted by molar-refractivity contribution is 7.12. The largest absolute Gasteiger partial charge is 0.348 e. The fourth-order valence-corrected chi connectivity index (χ4v) is 4.37. The molecule has 0 atom stereocenters. The molecule has 0 unspecified atom stereocenters. The Bertz CT molecular complexity index is 986. The van der Waals surface area contributed by atoms with E-state index in [1.165, 1.54) is 23.5 Å². The van der Waals surface area contributed by atoms with Gasteiger partial charge >= 0.3 is 5.69 Å². The molecule has 3 heterocycles. The number of halogens is 1. The molecule has 1 aliphatic rings. The molecule has 3 aromatic rings. The van der Waals surface area contributed by atoms with Gasteiger partial charge in [-0.25, -0.2) is 18.9 Å². The lowest BCUT2D eigenvalue weighted by molar-refractivity contribution is -0.131. The second kappa shape index (κ2) is 8.10. The summed E-state index contributed by atoms with van der Waals surface area (Å²) in [5, 5.41) is 9.55. The lowest BCUT2D eigenvalue weighted by Gasteiger charge is -2.32. The van der Waals surface area contributed by atoms with Gasteiger partial charge in [0.2, 0.25) is 5.91 Å². The maximum absolute atomic E-state index is 13.0. The minimum Gasteiger partial charge on any atom is -0.342 e. The van der Waals surface area contributed by atoms with Crippen LogP contribution in [0.3, 0.4) is 0 Å². The van der Waals surface area contributed by atoms with E-state index in [0.29, 0.717) is 31.8 Å². The first kappa shape index (κ1) is 18.6. The van der Waals surface area contributed by atoms with Crippen LogP contribution in [0.25, 0.3) is 5.00 Å². The van der Waals surface area contributed by atoms with Crippen molar-refractivity contribution < 1.29 is 9.18 Å². The highest BCUT2D eigenvalue weighted by Gasteiger charge is 2.25. The number of aromatic amines is 1. The maximum atomic E-state index is 13.0. The summed E-state index contributed by atoms with van der Waals surface area (Å²) < 4.78 is 14.6. The zero-order chi connectivity index (χ0) is 19.5. The van der Waals surface area contributed by atoms with Crippen LogP contribution in [0, 0.1) is 11.7 Å². The molecule has 6 nitrogen and oxygen atoms in total. The van der Waals surface area contributed by atoms with E-state index in [4.69, 9.17) is 0 Å². The molecule has 1 N–H and O–H groups in total. The van der Waals surface area contributed by atoms with Crippen molar-refractivity contribution >= 4 is 17.2 Å². The summed E-state index contributed by atoms with van der Waals surface area (Å²) in [5.41, 5.74) is 0.606. The van der Waals surface area contributed by atoms with Gasteiger partial charge in [0.1, 0.15) is 16.6 Å². The number of piperidine rings is 1. The first-order chi connectivity index (χ1) is 13.6. The van der Waals surface area contributed by atoms with E-state index in [9.17, 15) is 14.0 Å². The van der Waals surface area contributed by atoms with Crippen LogP contribution in [0.5, 0.6) is 0 Å². The molecule has 1 saturated heterocycles. The number of amides is 1. The SMILES string of the molecule is O=C(Cc1ccc(F)cc1)N1CCC(Cc2n[nH]c(=O)n2-c2cccs2)CC1. The molecule has 1 aliphatic heterocycles. The topological polar surface area (TPSA) is 71.0 Å². The standard InChI is InChI=1S/C20H21FN4O2S/c21-16-5-3-14(4-6-16)13-18(26)24-9-7-15(8-10-24)12-17-22-23-20(27)25(17)19-2-1-11-28-19/h1-6,11,15H,7-10,12-13H2,(H,23,27). The fraction of sp³-hybridized carbons (Fsp3) is 0.350. The van der Waals surface area contributed by atoms with Gasteiger partial charge in [0.15, 0.2) is 0 Å². The summed E-state index contributed by atoms with van der Waals surface area (Å²) in [7, 11) is 0. The van der Waals surface area contributed by atoms with Crippen molar-refractivity contribution in [2.24, 2.45) is 5.92 Å². The molecule has 0 bridgehead atoms. The molecule has 2 aromatic heterocycles. The molecule has 1 aromatic carbocycles. The van der Waals surface area contributed by atoms with E-state index >= 15 is 0 Å². The number of hydrogen-bond acceptors (Lipinski definition) is 4. The first-order valence-corrected chi connectivity index (χ1v) is 10.2. The fourth-order valence-electron chi connectivity index (χ4n) is 3.62. The molecule has 1 amide bonds. The number of thiophene rings is 1. The first-order valence-electron chi connectivity index (χ1n) is 9.32. The third kappa shape index (κ3) is 4.06. The minimum absolute atomic E-state index is 0.0697. The number of likely N-dealkylation sites (tertiary alicyclic amines) is 1. The van der Waals surface area contributed by atoms with Crippen molar-refractivity contribution in [1.29, 1.82) is 0 Å². The van der Waals surface area contributed by atoms with Gasteiger partial charge in [-0.15, -0.1) is 11.3 Å². The van der Waals surface area contributed by atoms with Crippen LogP contribution in [-0.2, 0) is 17.6 Å². The van der Waals surface area contributed by atoms with Crippen LogP contribution in [0.2, 0.25) is 0 Å². The Labute approximate surface area is 165 Å². The summed E-state index contributed by atoms with van der Waals surface area (Å²) in [6.45, 7) is 1.39. The van der Waals surface area contributed by atoms with Gasteiger partial charge in [0, 0.05) is 19.5 Å². The van der Waals surface area contributed by atoms with Crippen LogP contribution in [-0.4, -0.2) is 38.7 Å². The van der Waals surface area contributed by atoms with Gasteiger partial charge in [0.05, 0.1) is 6.42 Å². The molecular weight excluding hydrogens is 379 g/mol. The Morgan fingerprint density at radius 2 is 1.96 bits per heavy atom. The van der Waals surface area contributed by atoms with Gasteiger partial charge in [-0.1, -0.05) is 12.1 Å². The molecule has 28 heavy (non-hydrogen) atoms. The third-order valence-electron chi connectivity index (χ3n) is 5.18. The van der Waals surface area contributed by atoms with Crippen LogP contribution < -0.4 is 5.69 Å². The molecule has 4 rings (SSSR count). The number of H-pyrrole nitrogens is 1. The summed E-state index contributed by atoms with van der Waals surface area (Å²) in [5.74, 6) is 0.893. The summed E-state index contributed by atoms with van der Waals surface area (Å²) in [6.07, 6.45) is 2.75. The summed E-state index contributed by atoms with van der Waals surface area (Å²) >= 11 is 1.50. The van der Waals surface area contributed by atoms with Crippen molar-refractivity contribution in [2.45, 2.75) is 25.7 Å². The lowest BCUT2D eigenvalue weighted by Crippen LogP contribution is -2.39. The Balaban J connectivity index is 1.34. The minimum atomic E-state index is -0.295. The van der Waals surface area contributed by atoms with Gasteiger partial charge in [-0.05, 0) is 54.0 Å². The van der Waals surface area contributed by atoms with Crippen molar-refractivity contribution in [3.05, 3.63) is 69.5 Å². The van der Waals surface area contributed by atoms with Gasteiger partial charge in [-0.3, -0.25) is 4.79 Å². The molecule has 0 aliphatic carbocycles. The average Bonchev–Trinajstić information content (AvgIpc) is 3.34. The second-order valence-corrected chi connectivity index (χ2v) is 7.99. The number of aromatic nitrogens is 3. The molecule has 0 saturated carbocycles. The van der Waals surface area contributed by atoms with Gasteiger partial charge in [-0.2, -0.15) is 5.10 Å². The zero-order valence-electron chi connectivity index (χ0n) is 15.3. The lowest BCUT2D eigenvalue weighted by atomic mass is 9.93. The highest BCUT2D eigenvalue weighted by atomic mass is 32.1. The van der Waals surface area contributed by atoms with Crippen LogP contribution in [0.4, 0.5) is 4.39 Å². The van der Waals surface area contributed by atoms with Crippen molar-refractivity contribution in [1.82, 2.24) is 19.7 Å². The summed E-state index contributed by atoms with van der Waals surface area (Å²) in [4.78, 5) is 26.5. The third-order valence-corrected chi connectivity index (χ3v) is 6.03. The van der Waals surface area contributed by atoms with Crippen LogP contribution >= 0.6 is 11.3 Å². The monoisotopic (exact) mass is 400 g/mol. The number of hydrogen-bond donors (Lipinski definition) is 1. The number of carbonyl (C=O) groups excluding carboxylic acids is 1. The molecular formula is C20H21FN4O2S. The molecule has 8 heteroatoms. The normalized spacial score (nSPS) is 15.1. The van der Waals surface area contributed by atoms with Crippen molar-refractivity contribution in [3.63, 3.8) is 0 Å². The smallest absolute Gasteiger partial charge is 0.342 e. The van der Waals surface area contributed by atoms with E-state index in [0.717, 1.165) is 29.2 Å². The molecule has 0 radical (unpaired) electrons. The van der Waals surface area contributed by atoms with Crippen LogP contribution in [0.1, 0.15) is 24.2 Å². The Morgan fingerprint density at radius 3 is 2.64 bits per heavy atom. The van der Waals surface area contributed by atoms with Crippen molar-refractivity contribution in [2.75, 3.05) is 13.1 Å². The zero-order valence-corrected chi connectivity index (χ0v) is 16.1. The number of carbonyl (C=O) groups is 1. The van der Waals surface area contributed by atoms with E-state index in [-0.39, 0.29) is 17.4 Å². The number of rotatable bonds is 5. The number of nitrogens with one attached hydrogen (secondary N) is 1. The predicted molar refractivity (Wildman–Crippen MR) is 105 cm³/mol. The molecule has 0 spiro atoms. The second-order valence-electron chi connectivity index (χ2n) is 7.06. The summed E-state index contributed by atoms with van der Waals surface area (Å²) in [6, 6.07) is 9.89. The van der Waals surface area contributed by atoms with Gasteiger partial charge < -0.3 is 4.90 Å². The van der Waals surface area contributed by atoms with E-state index in [1.54, 1.807) is 16.7 Å². The predicted octanol–water partition coefficient (Wildman–Crippen LogP) is 2.79. The Kier molecular flexibility index (Phi) is 5.38. The Morgan fingerprint density at radius 1 is 1.21 bits per heavy atom. The highest BCUT2D eigenvalue weighted by Crippen LogP contribution is 2.23. The average molecular weight is 400 g/mol. The van der Waals surface area contributed by atoms with E-state index in [1.807, 2.05) is 22.4 Å².